The molecule has 3 rings (SSSR count). The molecule has 3 heterocycles. The van der Waals surface area contributed by atoms with Crippen molar-refractivity contribution < 1.29 is 0 Å². The zero-order chi connectivity index (χ0) is 10.6. The highest BCUT2D eigenvalue weighted by Crippen LogP contribution is 2.51. The molecule has 0 N–H and O–H groups in total. The minimum Gasteiger partial charge on any atom is -0.364 e. The van der Waals surface area contributed by atoms with Crippen LogP contribution in [0.4, 0.5) is 5.69 Å². The van der Waals surface area contributed by atoms with E-state index in [0.29, 0.717) is 0 Å². The molecule has 0 saturated heterocycles. The molecule has 0 aliphatic carbocycles. The molecule has 0 spiro atoms. The highest BCUT2D eigenvalue weighted by atomic mass is 32.1. The maximum absolute atomic E-state index is 2.38. The molecule has 0 amide bonds. The number of nitrogens with zero attached hydrogens (tertiary/aromatic N) is 1. The molecule has 2 aromatic heterocycles. The molecule has 1 aliphatic heterocycles. The van der Waals surface area contributed by atoms with Gasteiger partial charge in [0.25, 0.3) is 0 Å². The van der Waals surface area contributed by atoms with E-state index >= 15 is 0 Å². The molecule has 3 heteroatoms. The minimum absolute atomic E-state index is 0.114. The number of hydrogen-bond donors (Lipinski definition) is 0. The first-order valence-corrected chi connectivity index (χ1v) is 6.78. The van der Waals surface area contributed by atoms with Crippen LogP contribution >= 0.6 is 22.7 Å². The lowest BCUT2D eigenvalue weighted by molar-refractivity contribution is 0.513. The van der Waals surface area contributed by atoms with Gasteiger partial charge in [-0.25, -0.2) is 0 Å². The summed E-state index contributed by atoms with van der Waals surface area (Å²) < 4.78 is 0. The number of thiophene rings is 2. The second kappa shape index (κ2) is 2.86. The highest BCUT2D eigenvalue weighted by Gasteiger charge is 2.36. The van der Waals surface area contributed by atoms with E-state index in [9.17, 15) is 0 Å². The summed E-state index contributed by atoms with van der Waals surface area (Å²) in [5.74, 6) is 0. The van der Waals surface area contributed by atoms with Gasteiger partial charge in [-0.1, -0.05) is 0 Å². The van der Waals surface area contributed by atoms with Gasteiger partial charge in [0.2, 0.25) is 0 Å². The molecule has 78 valence electrons. The van der Waals surface area contributed by atoms with Crippen LogP contribution in [0.2, 0.25) is 0 Å². The third-order valence-corrected chi connectivity index (χ3v) is 5.36. The van der Waals surface area contributed by atoms with E-state index in [1.54, 1.807) is 0 Å². The van der Waals surface area contributed by atoms with Crippen LogP contribution in [0.25, 0.3) is 9.75 Å². The summed E-state index contributed by atoms with van der Waals surface area (Å²) in [5, 5.41) is 4.39. The first-order valence-electron chi connectivity index (χ1n) is 5.02. The van der Waals surface area contributed by atoms with Crippen molar-refractivity contribution in [2.45, 2.75) is 19.4 Å². The fourth-order valence-electron chi connectivity index (χ4n) is 2.19. The molecule has 0 saturated carbocycles. The van der Waals surface area contributed by atoms with Gasteiger partial charge in [0.15, 0.2) is 0 Å². The summed E-state index contributed by atoms with van der Waals surface area (Å²) in [6.07, 6.45) is 0. The van der Waals surface area contributed by atoms with Crippen LogP contribution in [-0.4, -0.2) is 7.05 Å². The Morgan fingerprint density at radius 3 is 2.53 bits per heavy atom. The van der Waals surface area contributed by atoms with Gasteiger partial charge in [-0.3, -0.25) is 0 Å². The van der Waals surface area contributed by atoms with Crippen LogP contribution in [0.3, 0.4) is 0 Å². The molecule has 0 radical (unpaired) electrons. The molecular weight excluding hydrogens is 222 g/mol. The van der Waals surface area contributed by atoms with Crippen LogP contribution in [0.5, 0.6) is 0 Å². The van der Waals surface area contributed by atoms with Crippen molar-refractivity contribution in [2.24, 2.45) is 0 Å². The minimum atomic E-state index is 0.114. The van der Waals surface area contributed by atoms with Gasteiger partial charge in [0, 0.05) is 7.05 Å². The monoisotopic (exact) mass is 235 g/mol. The Hall–Kier alpha value is -0.800. The lowest BCUT2D eigenvalue weighted by Crippen LogP contribution is -2.40. The van der Waals surface area contributed by atoms with Gasteiger partial charge in [0.1, 0.15) is 0 Å². The van der Waals surface area contributed by atoms with Crippen molar-refractivity contribution in [3.63, 3.8) is 0 Å². The Morgan fingerprint density at radius 1 is 1.07 bits per heavy atom. The summed E-state index contributed by atoms with van der Waals surface area (Å²) in [4.78, 5) is 5.28. The van der Waals surface area contributed by atoms with Gasteiger partial charge in [-0.05, 0) is 42.3 Å². The fourth-order valence-corrected chi connectivity index (χ4v) is 4.35. The van der Waals surface area contributed by atoms with Gasteiger partial charge >= 0.3 is 0 Å². The molecule has 0 bridgehead atoms. The van der Waals surface area contributed by atoms with Crippen molar-refractivity contribution in [1.82, 2.24) is 0 Å². The Kier molecular flexibility index (Phi) is 1.80. The summed E-state index contributed by atoms with van der Waals surface area (Å²) in [7, 11) is 2.19. The van der Waals surface area contributed by atoms with E-state index in [2.05, 4.69) is 48.7 Å². The number of anilines is 1. The number of rotatable bonds is 0. The third-order valence-electron chi connectivity index (χ3n) is 3.37. The van der Waals surface area contributed by atoms with Gasteiger partial charge < -0.3 is 4.90 Å². The van der Waals surface area contributed by atoms with Gasteiger partial charge in [-0.2, -0.15) is 0 Å². The average Bonchev–Trinajstić information content (AvgIpc) is 2.82. The molecule has 1 aliphatic rings. The van der Waals surface area contributed by atoms with Crippen molar-refractivity contribution in [1.29, 1.82) is 0 Å². The predicted molar refractivity (Wildman–Crippen MR) is 69.1 cm³/mol. The summed E-state index contributed by atoms with van der Waals surface area (Å²) in [5.41, 5.74) is 2.95. The summed E-state index contributed by atoms with van der Waals surface area (Å²) in [6.45, 7) is 4.58. The first-order chi connectivity index (χ1) is 7.12. The molecule has 2 aromatic rings. The maximum Gasteiger partial charge on any atom is 0.0679 e. The Labute approximate surface area is 98.0 Å². The summed E-state index contributed by atoms with van der Waals surface area (Å²) >= 11 is 3.71. The van der Waals surface area contributed by atoms with Crippen molar-refractivity contribution in [2.75, 3.05) is 11.9 Å². The normalized spacial score (nSPS) is 17.4. The average molecular weight is 235 g/mol. The lowest BCUT2D eigenvalue weighted by Gasteiger charge is -2.41. The molecule has 0 fully saturated rings. The fraction of sp³-hybridized carbons (Fsp3) is 0.333. The van der Waals surface area contributed by atoms with E-state index in [0.717, 1.165) is 0 Å². The van der Waals surface area contributed by atoms with E-state index in [1.165, 1.54) is 21.0 Å². The van der Waals surface area contributed by atoms with Crippen LogP contribution in [0.15, 0.2) is 22.9 Å². The maximum atomic E-state index is 2.38. The van der Waals surface area contributed by atoms with Crippen LogP contribution in [0.1, 0.15) is 19.4 Å². The quantitative estimate of drug-likeness (QED) is 0.662. The lowest BCUT2D eigenvalue weighted by atomic mass is 9.89. The Balaban J connectivity index is 2.36. The van der Waals surface area contributed by atoms with E-state index < -0.39 is 0 Å². The van der Waals surface area contributed by atoms with Crippen LogP contribution < -0.4 is 4.90 Å². The van der Waals surface area contributed by atoms with Crippen LogP contribution in [-0.2, 0) is 5.54 Å². The third kappa shape index (κ3) is 1.08. The Morgan fingerprint density at radius 2 is 1.73 bits per heavy atom. The number of fused-ring (bicyclic) bond motifs is 3. The molecule has 15 heavy (non-hydrogen) atoms. The SMILES string of the molecule is CN1c2ccsc2-c2sccc2C1(C)C. The van der Waals surface area contributed by atoms with Crippen LogP contribution in [0, 0.1) is 0 Å². The topological polar surface area (TPSA) is 3.24 Å². The number of hydrogen-bond acceptors (Lipinski definition) is 3. The molecule has 0 aromatic carbocycles. The summed E-state index contributed by atoms with van der Waals surface area (Å²) in [6, 6.07) is 4.49. The van der Waals surface area contributed by atoms with Gasteiger partial charge in [0.05, 0.1) is 21.0 Å². The first kappa shape index (κ1) is 9.43. The smallest absolute Gasteiger partial charge is 0.0679 e. The zero-order valence-electron chi connectivity index (χ0n) is 9.07. The standard InChI is InChI=1S/C12H13NS2/c1-12(2)8-4-6-14-10(8)11-9(13(12)3)5-7-15-11/h4-7H,1-3H3. The van der Waals surface area contributed by atoms with E-state index in [4.69, 9.17) is 0 Å². The Bertz CT molecular complexity index is 507. The van der Waals surface area contributed by atoms with Crippen molar-refractivity contribution in [3.8, 4) is 9.75 Å². The van der Waals surface area contributed by atoms with Crippen molar-refractivity contribution in [3.05, 3.63) is 28.5 Å². The molecule has 1 nitrogen and oxygen atoms in total. The molecular formula is C12H13NS2. The second-order valence-electron chi connectivity index (χ2n) is 4.42. The molecule has 0 atom stereocenters. The van der Waals surface area contributed by atoms with E-state index in [-0.39, 0.29) is 5.54 Å². The largest absolute Gasteiger partial charge is 0.364 e. The predicted octanol–water partition coefficient (Wildman–Crippen LogP) is 4.16. The van der Waals surface area contributed by atoms with Crippen molar-refractivity contribution >= 4 is 28.4 Å². The van der Waals surface area contributed by atoms with Gasteiger partial charge in [-0.15, -0.1) is 22.7 Å². The highest BCUT2D eigenvalue weighted by molar-refractivity contribution is 7.21. The van der Waals surface area contributed by atoms with E-state index in [1.807, 2.05) is 22.7 Å². The second-order valence-corrected chi connectivity index (χ2v) is 6.25. The molecule has 0 unspecified atom stereocenters. The zero-order valence-corrected chi connectivity index (χ0v) is 10.7.